The highest BCUT2D eigenvalue weighted by atomic mass is 19.3. The molecule has 25 heavy (non-hydrogen) atoms. The maximum atomic E-state index is 13.2. The van der Waals surface area contributed by atoms with Gasteiger partial charge in [0.25, 0.3) is 5.92 Å². The second kappa shape index (κ2) is 6.39. The fraction of sp³-hybridized carbons (Fsp3) is 0.300. The molecular formula is C20H20F2N2O. The predicted octanol–water partition coefficient (Wildman–Crippen LogP) is 4.88. The lowest BCUT2D eigenvalue weighted by Crippen LogP contribution is -2.08. The van der Waals surface area contributed by atoms with Crippen LogP contribution in [0.2, 0.25) is 0 Å². The summed E-state index contributed by atoms with van der Waals surface area (Å²) in [5, 5.41) is 0. The van der Waals surface area contributed by atoms with Crippen molar-refractivity contribution in [1.29, 1.82) is 0 Å². The molecule has 2 heterocycles. The van der Waals surface area contributed by atoms with Crippen molar-refractivity contribution in [3.63, 3.8) is 0 Å². The first-order valence-electron chi connectivity index (χ1n) is 8.21. The molecule has 3 rings (SSSR count). The number of carbonyl (C=O) groups is 1. The van der Waals surface area contributed by atoms with Crippen molar-refractivity contribution in [2.24, 2.45) is 0 Å². The van der Waals surface area contributed by atoms with Gasteiger partial charge in [0.05, 0.1) is 5.69 Å². The second-order valence-corrected chi connectivity index (χ2v) is 6.49. The van der Waals surface area contributed by atoms with Gasteiger partial charge in [-0.1, -0.05) is 30.3 Å². The van der Waals surface area contributed by atoms with Crippen molar-refractivity contribution in [3.05, 3.63) is 70.7 Å². The van der Waals surface area contributed by atoms with Gasteiger partial charge in [0.2, 0.25) is 0 Å². The molecule has 0 N–H and O–H groups in total. The van der Waals surface area contributed by atoms with Crippen LogP contribution in [0.1, 0.15) is 46.2 Å². The highest BCUT2D eigenvalue weighted by Crippen LogP contribution is 2.27. The number of fused-ring (bicyclic) bond motifs is 1. The minimum atomic E-state index is -2.85. The van der Waals surface area contributed by atoms with Gasteiger partial charge < -0.3 is 0 Å². The van der Waals surface area contributed by atoms with E-state index in [0.717, 1.165) is 23.7 Å². The Hall–Kier alpha value is -2.56. The van der Waals surface area contributed by atoms with Crippen molar-refractivity contribution < 1.29 is 13.6 Å². The van der Waals surface area contributed by atoms with E-state index in [1.54, 1.807) is 12.1 Å². The number of carbonyl (C=O) groups excluding carboxylic acids is 1. The molecule has 5 heteroatoms. The number of Topliss-reactive ketones (excluding diaryl/α,β-unsaturated/α-hetero) is 1. The van der Waals surface area contributed by atoms with E-state index in [1.165, 1.54) is 12.1 Å². The number of rotatable bonds is 5. The van der Waals surface area contributed by atoms with Crippen LogP contribution in [-0.4, -0.2) is 15.2 Å². The number of imidazole rings is 1. The lowest BCUT2D eigenvalue weighted by atomic mass is 10.0. The van der Waals surface area contributed by atoms with Crippen LogP contribution in [0.5, 0.6) is 0 Å². The van der Waals surface area contributed by atoms with E-state index in [9.17, 15) is 13.6 Å². The summed E-state index contributed by atoms with van der Waals surface area (Å²) in [6, 6.07) is 10.0. The van der Waals surface area contributed by atoms with Crippen LogP contribution in [0.4, 0.5) is 8.78 Å². The number of pyridine rings is 1. The minimum Gasteiger partial charge on any atom is -0.297 e. The fourth-order valence-electron chi connectivity index (χ4n) is 2.94. The molecule has 0 amide bonds. The second-order valence-electron chi connectivity index (χ2n) is 6.49. The summed E-state index contributed by atoms with van der Waals surface area (Å²) in [4.78, 5) is 17.1. The largest absolute Gasteiger partial charge is 0.297 e. The molecule has 130 valence electrons. The van der Waals surface area contributed by atoms with E-state index in [-0.39, 0.29) is 11.3 Å². The molecule has 0 atom stereocenters. The SMILES string of the molecule is Cc1ccc2nc(C)c(C(=O)CCc3ccc(C(C)(F)F)cc3)n2c1. The molecule has 0 aliphatic heterocycles. The van der Waals surface area contributed by atoms with Crippen molar-refractivity contribution in [3.8, 4) is 0 Å². The standard InChI is InChI=1S/C20H20F2N2O/c1-13-4-11-18-23-14(2)19(24(18)12-13)17(25)10-7-15-5-8-16(9-6-15)20(3,21)22/h4-6,8-9,11-12H,7,10H2,1-3H3. The fourth-order valence-corrected chi connectivity index (χ4v) is 2.94. The Labute approximate surface area is 145 Å². The van der Waals surface area contributed by atoms with E-state index in [2.05, 4.69) is 4.98 Å². The maximum Gasteiger partial charge on any atom is 0.270 e. The van der Waals surface area contributed by atoms with Gasteiger partial charge in [-0.2, -0.15) is 0 Å². The van der Waals surface area contributed by atoms with Crippen molar-refractivity contribution in [2.75, 3.05) is 0 Å². The van der Waals surface area contributed by atoms with E-state index in [0.29, 0.717) is 24.2 Å². The zero-order valence-corrected chi connectivity index (χ0v) is 14.5. The summed E-state index contributed by atoms with van der Waals surface area (Å²) in [6.07, 6.45) is 2.72. The van der Waals surface area contributed by atoms with Crippen LogP contribution in [0.15, 0.2) is 42.6 Å². The molecule has 3 nitrogen and oxygen atoms in total. The van der Waals surface area contributed by atoms with Crippen molar-refractivity contribution >= 4 is 11.4 Å². The number of aryl methyl sites for hydroxylation is 3. The van der Waals surface area contributed by atoms with E-state index >= 15 is 0 Å². The Morgan fingerprint density at radius 3 is 2.44 bits per heavy atom. The predicted molar refractivity (Wildman–Crippen MR) is 93.3 cm³/mol. The molecule has 3 aromatic rings. The van der Waals surface area contributed by atoms with Crippen molar-refractivity contribution in [2.45, 2.75) is 39.5 Å². The molecule has 1 aromatic carbocycles. The Morgan fingerprint density at radius 1 is 1.12 bits per heavy atom. The smallest absolute Gasteiger partial charge is 0.270 e. The average molecular weight is 342 g/mol. The lowest BCUT2D eigenvalue weighted by molar-refractivity contribution is 0.0174. The number of alkyl halides is 2. The number of hydrogen-bond donors (Lipinski definition) is 0. The van der Waals surface area contributed by atoms with Gasteiger partial charge in [-0.05, 0) is 37.5 Å². The van der Waals surface area contributed by atoms with Crippen LogP contribution in [0, 0.1) is 13.8 Å². The van der Waals surface area contributed by atoms with Crippen LogP contribution in [0.3, 0.4) is 0 Å². The molecule has 0 radical (unpaired) electrons. The van der Waals surface area contributed by atoms with Gasteiger partial charge >= 0.3 is 0 Å². The topological polar surface area (TPSA) is 34.4 Å². The number of ketones is 1. The summed E-state index contributed by atoms with van der Waals surface area (Å²) >= 11 is 0. The maximum absolute atomic E-state index is 13.2. The van der Waals surface area contributed by atoms with Crippen molar-refractivity contribution in [1.82, 2.24) is 9.38 Å². The monoisotopic (exact) mass is 342 g/mol. The highest BCUT2D eigenvalue weighted by Gasteiger charge is 2.23. The number of halogens is 2. The van der Waals surface area contributed by atoms with Crippen LogP contribution >= 0.6 is 0 Å². The molecule has 2 aromatic heterocycles. The van der Waals surface area contributed by atoms with Crippen LogP contribution in [0.25, 0.3) is 5.65 Å². The summed E-state index contributed by atoms with van der Waals surface area (Å²) in [5.41, 5.74) is 3.95. The van der Waals surface area contributed by atoms with Gasteiger partial charge in [0.15, 0.2) is 5.78 Å². The molecule has 0 bridgehead atoms. The average Bonchev–Trinajstić information content (AvgIpc) is 2.87. The first-order chi connectivity index (χ1) is 11.8. The number of hydrogen-bond acceptors (Lipinski definition) is 2. The number of benzene rings is 1. The normalized spacial score (nSPS) is 11.9. The van der Waals surface area contributed by atoms with E-state index < -0.39 is 5.92 Å². The summed E-state index contributed by atoms with van der Waals surface area (Å²) < 4.78 is 28.3. The molecular weight excluding hydrogens is 322 g/mol. The van der Waals surface area contributed by atoms with Gasteiger partial charge in [0, 0.05) is 25.1 Å². The van der Waals surface area contributed by atoms with E-state index in [4.69, 9.17) is 0 Å². The molecule has 0 saturated carbocycles. The third-order valence-electron chi connectivity index (χ3n) is 4.31. The first-order valence-corrected chi connectivity index (χ1v) is 8.21. The Balaban J connectivity index is 1.77. The summed E-state index contributed by atoms with van der Waals surface area (Å²) in [5.74, 6) is -2.85. The first kappa shape index (κ1) is 17.3. The third-order valence-corrected chi connectivity index (χ3v) is 4.31. The Morgan fingerprint density at radius 2 is 1.80 bits per heavy atom. The van der Waals surface area contributed by atoms with Gasteiger partial charge in [0.1, 0.15) is 11.3 Å². The van der Waals surface area contributed by atoms with Gasteiger partial charge in [-0.3, -0.25) is 9.20 Å². The minimum absolute atomic E-state index is 0.000461. The van der Waals surface area contributed by atoms with Gasteiger partial charge in [-0.25, -0.2) is 13.8 Å². The summed E-state index contributed by atoms with van der Waals surface area (Å²) in [6.45, 7) is 4.67. The highest BCUT2D eigenvalue weighted by molar-refractivity contribution is 5.96. The summed E-state index contributed by atoms with van der Waals surface area (Å²) in [7, 11) is 0. The molecule has 0 fully saturated rings. The lowest BCUT2D eigenvalue weighted by Gasteiger charge is -2.11. The van der Waals surface area contributed by atoms with Gasteiger partial charge in [-0.15, -0.1) is 0 Å². The number of nitrogens with zero attached hydrogens (tertiary/aromatic N) is 2. The zero-order valence-electron chi connectivity index (χ0n) is 14.5. The van der Waals surface area contributed by atoms with Crippen LogP contribution < -0.4 is 0 Å². The molecule has 0 spiro atoms. The molecule has 0 unspecified atom stereocenters. The van der Waals surface area contributed by atoms with Crippen LogP contribution in [-0.2, 0) is 12.3 Å². The molecule has 0 saturated heterocycles. The Bertz CT molecular complexity index is 921. The zero-order chi connectivity index (χ0) is 18.2. The Kier molecular flexibility index (Phi) is 4.41. The number of aromatic nitrogens is 2. The molecule has 0 aliphatic carbocycles. The third kappa shape index (κ3) is 3.60. The quantitative estimate of drug-likeness (QED) is 0.620. The van der Waals surface area contributed by atoms with E-state index in [1.807, 2.05) is 36.6 Å². The molecule has 0 aliphatic rings.